The number of ketones is 1. The first-order valence-corrected chi connectivity index (χ1v) is 18.1. The maximum absolute atomic E-state index is 14.2. The number of aromatic nitrogens is 3. The van der Waals surface area contributed by atoms with Crippen molar-refractivity contribution in [2.75, 3.05) is 13.7 Å². The monoisotopic (exact) mass is 690 g/mol. The predicted molar refractivity (Wildman–Crippen MR) is 202 cm³/mol. The summed E-state index contributed by atoms with van der Waals surface area (Å²) in [7, 11) is 1.30. The molecule has 8 bridgehead atoms. The molecule has 0 saturated carbocycles. The summed E-state index contributed by atoms with van der Waals surface area (Å²) < 4.78 is 10.8. The summed E-state index contributed by atoms with van der Waals surface area (Å²) >= 11 is 0. The summed E-state index contributed by atoms with van der Waals surface area (Å²) in [5.41, 5.74) is 11.7. The van der Waals surface area contributed by atoms with Crippen LogP contribution in [0.4, 0.5) is 0 Å². The van der Waals surface area contributed by atoms with Gasteiger partial charge in [-0.3, -0.25) is 9.59 Å². The number of hydrogen-bond donors (Lipinski definition) is 4. The zero-order valence-corrected chi connectivity index (χ0v) is 31.1. The van der Waals surface area contributed by atoms with Crippen molar-refractivity contribution >= 4 is 47.6 Å². The maximum Gasteiger partial charge on any atom is 0.342 e. The van der Waals surface area contributed by atoms with E-state index in [9.17, 15) is 14.4 Å². The van der Waals surface area contributed by atoms with Gasteiger partial charge in [-0.1, -0.05) is 45.4 Å². The van der Waals surface area contributed by atoms with Crippen molar-refractivity contribution in [2.45, 2.75) is 86.6 Å². The van der Waals surface area contributed by atoms with Crippen LogP contribution in [-0.4, -0.2) is 52.4 Å². The average molecular weight is 691 g/mol. The van der Waals surface area contributed by atoms with Gasteiger partial charge < -0.3 is 29.7 Å². The van der Waals surface area contributed by atoms with Crippen molar-refractivity contribution in [3.63, 3.8) is 0 Å². The second kappa shape index (κ2) is 14.3. The van der Waals surface area contributed by atoms with Crippen LogP contribution in [0.3, 0.4) is 0 Å². The van der Waals surface area contributed by atoms with Gasteiger partial charge in [0.25, 0.3) is 0 Å². The van der Waals surface area contributed by atoms with E-state index in [2.05, 4.69) is 79.7 Å². The Kier molecular flexibility index (Phi) is 10.0. The molecule has 1 aliphatic carbocycles. The molecule has 51 heavy (non-hydrogen) atoms. The van der Waals surface area contributed by atoms with Crippen molar-refractivity contribution in [1.82, 2.24) is 20.3 Å². The van der Waals surface area contributed by atoms with Gasteiger partial charge in [0, 0.05) is 57.0 Å². The Morgan fingerprint density at radius 3 is 2.35 bits per heavy atom. The molecule has 0 radical (unpaired) electrons. The largest absolute Gasteiger partial charge is 0.465 e. The first-order chi connectivity index (χ1) is 24.4. The lowest BCUT2D eigenvalue weighted by atomic mass is 9.82. The van der Waals surface area contributed by atoms with Gasteiger partial charge >= 0.3 is 11.9 Å². The molecule has 0 spiro atoms. The number of allylic oxidation sites excluding steroid dienone is 2. The molecule has 0 amide bonds. The highest BCUT2D eigenvalue weighted by Crippen LogP contribution is 2.46. The molecule has 3 aromatic heterocycles. The van der Waals surface area contributed by atoms with Gasteiger partial charge in [-0.15, -0.1) is 0 Å². The quantitative estimate of drug-likeness (QED) is 0.113. The SMILES string of the molecule is C=Cc1c2[nH]c(c1C)/C=C1\NC(C3=C(C(=O)OC)C(=O)c4c3[nH]c(c4C)/C=c3\[nH]/c(c(C)c3CC)=C\2)[C@@H](CCC(=O)OC/C=C(\C)CCC)[C@@H]1C. The molecule has 5 heterocycles. The summed E-state index contributed by atoms with van der Waals surface area (Å²) in [6.07, 6.45) is 13.7. The zero-order valence-electron chi connectivity index (χ0n) is 31.1. The lowest BCUT2D eigenvalue weighted by Gasteiger charge is -2.23. The molecule has 1 saturated heterocycles. The molecule has 1 fully saturated rings. The number of Topliss-reactive ketones (excluding diaryl/α,β-unsaturated/α-hetero) is 1. The van der Waals surface area contributed by atoms with Crippen molar-refractivity contribution in [1.29, 1.82) is 0 Å². The van der Waals surface area contributed by atoms with Gasteiger partial charge in [-0.2, -0.15) is 0 Å². The smallest absolute Gasteiger partial charge is 0.342 e. The van der Waals surface area contributed by atoms with Crippen molar-refractivity contribution in [3.05, 3.63) is 96.4 Å². The summed E-state index contributed by atoms with van der Waals surface area (Å²) in [6.45, 7) is 18.9. The Bertz CT molecular complexity index is 2160. The van der Waals surface area contributed by atoms with Crippen LogP contribution < -0.4 is 16.0 Å². The van der Waals surface area contributed by atoms with Crippen molar-refractivity contribution in [3.8, 4) is 0 Å². The number of ether oxygens (including phenoxy) is 2. The molecule has 2 aliphatic heterocycles. The van der Waals surface area contributed by atoms with Gasteiger partial charge in [0.05, 0.1) is 24.4 Å². The molecule has 3 aliphatic rings. The summed E-state index contributed by atoms with van der Waals surface area (Å²) in [5.74, 6) is -1.51. The number of carbonyl (C=O) groups excluding carboxylic acids is 3. The molecule has 9 heteroatoms. The highest BCUT2D eigenvalue weighted by atomic mass is 16.5. The van der Waals surface area contributed by atoms with Crippen LogP contribution >= 0.6 is 0 Å². The van der Waals surface area contributed by atoms with Crippen LogP contribution in [0.5, 0.6) is 0 Å². The standard InChI is InChI=1S/C42H50N4O5/c1-10-13-21(4)16-17-51-35(47)15-14-28-24(7)31-18-29-22(5)26(11-2)33(43-29)19-30-23(6)27(12-3)34(44-30)20-32-25(8)36-40(46-32)37(39(28)45-31)38(41(36)48)42(49)50-9/h11,16,18-20,24,28,39,43-46H,2,10,12-15,17H2,1,3-9H3/b21-16+,30-19-,31-18-,34-20-/t24-,28-,39?/m0/s1. The second-order valence-corrected chi connectivity index (χ2v) is 14.1. The third kappa shape index (κ3) is 6.28. The molecule has 9 nitrogen and oxygen atoms in total. The summed E-state index contributed by atoms with van der Waals surface area (Å²) in [5, 5.41) is 5.68. The third-order valence-electron chi connectivity index (χ3n) is 11.1. The predicted octanol–water partition coefficient (Wildman–Crippen LogP) is 6.23. The average Bonchev–Trinajstić information content (AvgIpc) is 3.84. The molecule has 268 valence electrons. The van der Waals surface area contributed by atoms with Crippen LogP contribution in [-0.2, 0) is 25.5 Å². The minimum absolute atomic E-state index is 0.0266. The van der Waals surface area contributed by atoms with Crippen molar-refractivity contribution < 1.29 is 23.9 Å². The van der Waals surface area contributed by atoms with E-state index in [4.69, 9.17) is 9.47 Å². The molecule has 4 N–H and O–H groups in total. The van der Waals surface area contributed by atoms with Gasteiger partial charge in [0.2, 0.25) is 5.78 Å². The van der Waals surface area contributed by atoms with Crippen LogP contribution in [0.2, 0.25) is 0 Å². The first kappa shape index (κ1) is 35.8. The van der Waals surface area contributed by atoms with Gasteiger partial charge in [-0.25, -0.2) is 4.79 Å². The fourth-order valence-electron chi connectivity index (χ4n) is 8.20. The Hall–Kier alpha value is -5.05. The van der Waals surface area contributed by atoms with Crippen molar-refractivity contribution in [2.24, 2.45) is 11.8 Å². The number of methoxy groups -OCH3 is 1. The van der Waals surface area contributed by atoms with E-state index in [0.717, 1.165) is 75.0 Å². The van der Waals surface area contributed by atoms with Crippen LogP contribution in [0.15, 0.2) is 29.5 Å². The van der Waals surface area contributed by atoms with E-state index in [1.54, 1.807) is 0 Å². The fraction of sp³-hybridized carbons (Fsp3) is 0.405. The van der Waals surface area contributed by atoms with Crippen LogP contribution in [0.25, 0.3) is 29.9 Å². The van der Waals surface area contributed by atoms with Crippen LogP contribution in [0.1, 0.15) is 114 Å². The molecule has 6 rings (SSSR count). The van der Waals surface area contributed by atoms with Gasteiger partial charge in [-0.05, 0) is 99.4 Å². The van der Waals surface area contributed by atoms with Gasteiger partial charge in [0.1, 0.15) is 12.2 Å². The molecular formula is C42H50N4O5. The number of esters is 2. The minimum atomic E-state index is -0.674. The van der Waals surface area contributed by atoms with E-state index in [-0.39, 0.29) is 42.2 Å². The number of fused-ring (bicyclic) bond motifs is 8. The highest BCUT2D eigenvalue weighted by molar-refractivity contribution is 6.34. The Morgan fingerprint density at radius 1 is 0.941 bits per heavy atom. The number of aromatic amines is 3. The number of hydrogen-bond acceptors (Lipinski definition) is 6. The number of nitrogens with one attached hydrogen (secondary N) is 4. The van der Waals surface area contributed by atoms with E-state index >= 15 is 0 Å². The molecule has 0 aromatic carbocycles. The summed E-state index contributed by atoms with van der Waals surface area (Å²) in [6, 6.07) is -0.463. The first-order valence-electron chi connectivity index (χ1n) is 18.1. The Labute approximate surface area is 299 Å². The number of H-pyrrole nitrogens is 3. The van der Waals surface area contributed by atoms with Crippen LogP contribution in [0, 0.1) is 32.6 Å². The van der Waals surface area contributed by atoms with E-state index in [0.29, 0.717) is 23.3 Å². The molecule has 1 unspecified atom stereocenters. The molecule has 3 aromatic rings. The second-order valence-electron chi connectivity index (χ2n) is 14.1. The molecular weight excluding hydrogens is 640 g/mol. The Balaban J connectivity index is 1.54. The lowest BCUT2D eigenvalue weighted by Crippen LogP contribution is -2.31. The Morgan fingerprint density at radius 2 is 1.67 bits per heavy atom. The van der Waals surface area contributed by atoms with E-state index in [1.807, 2.05) is 26.0 Å². The minimum Gasteiger partial charge on any atom is -0.465 e. The normalized spacial score (nSPS) is 21.7. The topological polar surface area (TPSA) is 129 Å². The van der Waals surface area contributed by atoms with E-state index in [1.165, 1.54) is 18.2 Å². The number of carbonyl (C=O) groups is 3. The fourth-order valence-corrected chi connectivity index (χ4v) is 8.20. The zero-order chi connectivity index (χ0) is 36.7. The maximum atomic E-state index is 14.2. The summed E-state index contributed by atoms with van der Waals surface area (Å²) in [4.78, 5) is 51.6. The highest BCUT2D eigenvalue weighted by Gasteiger charge is 2.47. The lowest BCUT2D eigenvalue weighted by molar-refractivity contribution is -0.142. The molecule has 3 atom stereocenters. The van der Waals surface area contributed by atoms with E-state index < -0.39 is 12.0 Å². The van der Waals surface area contributed by atoms with Gasteiger partial charge in [0.15, 0.2) is 0 Å². The third-order valence-corrected chi connectivity index (χ3v) is 11.1. The number of rotatable bonds is 10.